The maximum Gasteiger partial charge on any atom is 0.0435 e. The van der Waals surface area contributed by atoms with Crippen molar-refractivity contribution in [2.45, 2.75) is 18.8 Å². The van der Waals surface area contributed by atoms with Gasteiger partial charge < -0.3 is 5.73 Å². The lowest BCUT2D eigenvalue weighted by molar-refractivity contribution is 0.644. The van der Waals surface area contributed by atoms with E-state index in [2.05, 4.69) is 12.1 Å². The summed E-state index contributed by atoms with van der Waals surface area (Å²) in [5, 5.41) is 0.814. The second-order valence-corrected chi connectivity index (χ2v) is 5.10. The Bertz CT molecular complexity index is 378. The van der Waals surface area contributed by atoms with E-state index in [-0.39, 0.29) is 5.41 Å². The Morgan fingerprint density at radius 3 is 2.73 bits per heavy atom. The van der Waals surface area contributed by atoms with Crippen molar-refractivity contribution in [3.63, 3.8) is 0 Å². The van der Waals surface area contributed by atoms with Crippen molar-refractivity contribution in [1.29, 1.82) is 0 Å². The standard InChI is InChI=1S/C12H15Cl2N/c1-8-4-9(2-3-11(8)14)12(7-15)5-10(12)6-13/h2-4,10H,5-7,15H2,1H3/t10-,12+/m1/s1. The van der Waals surface area contributed by atoms with Crippen LogP contribution >= 0.6 is 23.2 Å². The fraction of sp³-hybridized carbons (Fsp3) is 0.500. The first kappa shape index (κ1) is 11.3. The molecule has 1 fully saturated rings. The third-order valence-corrected chi connectivity index (χ3v) is 4.31. The minimum atomic E-state index is 0.122. The Labute approximate surface area is 101 Å². The van der Waals surface area contributed by atoms with Crippen molar-refractivity contribution in [3.05, 3.63) is 34.3 Å². The van der Waals surface area contributed by atoms with Gasteiger partial charge in [-0.05, 0) is 36.5 Å². The molecule has 1 aromatic rings. The molecule has 2 N–H and O–H groups in total. The zero-order valence-electron chi connectivity index (χ0n) is 8.76. The molecule has 1 nitrogen and oxygen atoms in total. The van der Waals surface area contributed by atoms with Gasteiger partial charge in [-0.25, -0.2) is 0 Å². The van der Waals surface area contributed by atoms with Crippen molar-refractivity contribution in [3.8, 4) is 0 Å². The molecule has 1 saturated carbocycles. The van der Waals surface area contributed by atoms with Gasteiger partial charge in [0.25, 0.3) is 0 Å². The molecule has 82 valence electrons. The maximum atomic E-state index is 6.01. The Kier molecular flexibility index (Phi) is 2.98. The van der Waals surface area contributed by atoms with Crippen LogP contribution in [0.1, 0.15) is 17.5 Å². The molecule has 0 aliphatic heterocycles. The summed E-state index contributed by atoms with van der Waals surface area (Å²) in [7, 11) is 0. The van der Waals surface area contributed by atoms with E-state index in [1.165, 1.54) is 5.56 Å². The van der Waals surface area contributed by atoms with Gasteiger partial charge in [-0.15, -0.1) is 11.6 Å². The molecule has 0 bridgehead atoms. The van der Waals surface area contributed by atoms with Crippen LogP contribution in [-0.2, 0) is 5.41 Å². The van der Waals surface area contributed by atoms with E-state index in [9.17, 15) is 0 Å². The van der Waals surface area contributed by atoms with Gasteiger partial charge in [-0.1, -0.05) is 23.7 Å². The normalized spacial score (nSPS) is 29.2. The second kappa shape index (κ2) is 3.97. The van der Waals surface area contributed by atoms with Crippen molar-refractivity contribution in [2.24, 2.45) is 11.7 Å². The largest absolute Gasteiger partial charge is 0.330 e. The Morgan fingerprint density at radius 1 is 1.53 bits per heavy atom. The molecule has 2 rings (SSSR count). The zero-order chi connectivity index (χ0) is 11.1. The van der Waals surface area contributed by atoms with Crippen molar-refractivity contribution < 1.29 is 0 Å². The van der Waals surface area contributed by atoms with Crippen LogP contribution in [-0.4, -0.2) is 12.4 Å². The zero-order valence-corrected chi connectivity index (χ0v) is 10.3. The summed E-state index contributed by atoms with van der Waals surface area (Å²) in [6.45, 7) is 2.69. The first-order valence-electron chi connectivity index (χ1n) is 5.16. The summed E-state index contributed by atoms with van der Waals surface area (Å²) in [4.78, 5) is 0. The molecule has 3 heteroatoms. The fourth-order valence-electron chi connectivity index (χ4n) is 2.26. The predicted octanol–water partition coefficient (Wildman–Crippen LogP) is 3.10. The number of hydrogen-bond donors (Lipinski definition) is 1. The minimum Gasteiger partial charge on any atom is -0.330 e. The molecule has 0 spiro atoms. The lowest BCUT2D eigenvalue weighted by atomic mass is 9.92. The van der Waals surface area contributed by atoms with Gasteiger partial charge in [0.1, 0.15) is 0 Å². The number of nitrogens with two attached hydrogens (primary N) is 1. The van der Waals surface area contributed by atoms with Crippen LogP contribution in [0, 0.1) is 12.8 Å². The van der Waals surface area contributed by atoms with E-state index in [4.69, 9.17) is 28.9 Å². The van der Waals surface area contributed by atoms with E-state index in [0.717, 1.165) is 17.0 Å². The lowest BCUT2D eigenvalue weighted by Gasteiger charge is -2.16. The molecule has 1 aliphatic rings. The van der Waals surface area contributed by atoms with E-state index in [1.54, 1.807) is 0 Å². The predicted molar refractivity (Wildman–Crippen MR) is 65.7 cm³/mol. The maximum absolute atomic E-state index is 6.01. The summed E-state index contributed by atoms with van der Waals surface area (Å²) in [5.74, 6) is 1.23. The minimum absolute atomic E-state index is 0.122. The van der Waals surface area contributed by atoms with Crippen molar-refractivity contribution in [1.82, 2.24) is 0 Å². The first-order valence-corrected chi connectivity index (χ1v) is 6.08. The van der Waals surface area contributed by atoms with Gasteiger partial charge >= 0.3 is 0 Å². The number of halogens is 2. The highest BCUT2D eigenvalue weighted by Gasteiger charge is 2.53. The summed E-state index contributed by atoms with van der Waals surface area (Å²) in [6, 6.07) is 6.17. The van der Waals surface area contributed by atoms with Crippen molar-refractivity contribution in [2.75, 3.05) is 12.4 Å². The van der Waals surface area contributed by atoms with Gasteiger partial charge in [-0.3, -0.25) is 0 Å². The molecule has 0 saturated heterocycles. The van der Waals surface area contributed by atoms with E-state index >= 15 is 0 Å². The second-order valence-electron chi connectivity index (χ2n) is 4.38. The molecule has 2 atom stereocenters. The highest BCUT2D eigenvalue weighted by atomic mass is 35.5. The average molecular weight is 244 g/mol. The number of alkyl halides is 1. The SMILES string of the molecule is Cc1cc([C@@]2(CN)C[C@@H]2CCl)ccc1Cl. The van der Waals surface area contributed by atoms with Gasteiger partial charge in [0, 0.05) is 22.9 Å². The van der Waals surface area contributed by atoms with Crippen LogP contribution in [0.3, 0.4) is 0 Å². The van der Waals surface area contributed by atoms with E-state index in [1.807, 2.05) is 13.0 Å². The highest BCUT2D eigenvalue weighted by Crippen LogP contribution is 2.54. The van der Waals surface area contributed by atoms with Gasteiger partial charge in [0.15, 0.2) is 0 Å². The molecule has 1 aliphatic carbocycles. The summed E-state index contributed by atoms with van der Waals surface area (Å²) in [5.41, 5.74) is 8.39. The molecule has 15 heavy (non-hydrogen) atoms. The molecule has 0 aromatic heterocycles. The molecule has 0 amide bonds. The third-order valence-electron chi connectivity index (χ3n) is 3.52. The summed E-state index contributed by atoms with van der Waals surface area (Å²) in [6.07, 6.45) is 1.11. The van der Waals surface area contributed by atoms with Crippen LogP contribution in [0.25, 0.3) is 0 Å². The molecule has 0 radical (unpaired) electrons. The Balaban J connectivity index is 2.33. The third kappa shape index (κ3) is 1.77. The average Bonchev–Trinajstić information content (AvgIpc) is 2.97. The van der Waals surface area contributed by atoms with Crippen LogP contribution < -0.4 is 5.73 Å². The quantitative estimate of drug-likeness (QED) is 0.812. The van der Waals surface area contributed by atoms with Crippen LogP contribution in [0.4, 0.5) is 0 Å². The van der Waals surface area contributed by atoms with Gasteiger partial charge in [0.05, 0.1) is 0 Å². The van der Waals surface area contributed by atoms with Crippen LogP contribution in [0.2, 0.25) is 5.02 Å². The molecule has 1 aromatic carbocycles. The number of rotatable bonds is 3. The monoisotopic (exact) mass is 243 g/mol. The molecular formula is C12H15Cl2N. The fourth-order valence-corrected chi connectivity index (χ4v) is 2.78. The summed E-state index contributed by atoms with van der Waals surface area (Å²) >= 11 is 11.9. The smallest absolute Gasteiger partial charge is 0.0435 e. The Hall–Kier alpha value is -0.240. The lowest BCUT2D eigenvalue weighted by Crippen LogP contribution is -2.23. The number of aryl methyl sites for hydroxylation is 1. The highest BCUT2D eigenvalue weighted by molar-refractivity contribution is 6.31. The molecular weight excluding hydrogens is 229 g/mol. The molecule has 0 unspecified atom stereocenters. The van der Waals surface area contributed by atoms with Crippen LogP contribution in [0.5, 0.6) is 0 Å². The first-order chi connectivity index (χ1) is 7.14. The van der Waals surface area contributed by atoms with Gasteiger partial charge in [-0.2, -0.15) is 0 Å². The van der Waals surface area contributed by atoms with Gasteiger partial charge in [0.2, 0.25) is 0 Å². The van der Waals surface area contributed by atoms with E-state index < -0.39 is 0 Å². The Morgan fingerprint density at radius 2 is 2.27 bits per heavy atom. The van der Waals surface area contributed by atoms with Crippen molar-refractivity contribution >= 4 is 23.2 Å². The topological polar surface area (TPSA) is 26.0 Å². The summed E-state index contributed by atoms with van der Waals surface area (Å²) < 4.78 is 0. The van der Waals surface area contributed by atoms with Crippen LogP contribution in [0.15, 0.2) is 18.2 Å². The molecule has 0 heterocycles. The number of benzene rings is 1. The van der Waals surface area contributed by atoms with E-state index in [0.29, 0.717) is 18.3 Å². The number of hydrogen-bond acceptors (Lipinski definition) is 1.